The number of aromatic nitrogens is 1. The molecule has 4 nitrogen and oxygen atoms in total. The lowest BCUT2D eigenvalue weighted by atomic mass is 10.3. The molecule has 3 N–H and O–H groups in total. The summed E-state index contributed by atoms with van der Waals surface area (Å²) in [6, 6.07) is 1.96. The molecule has 0 bridgehead atoms. The quantitative estimate of drug-likeness (QED) is 0.622. The summed E-state index contributed by atoms with van der Waals surface area (Å²) in [7, 11) is 0. The minimum Gasteiger partial charge on any atom is -0.360 e. The molecular weight excluding hydrogens is 154 g/mol. The Kier molecular flexibility index (Phi) is 3.76. The highest BCUT2D eigenvalue weighted by atomic mass is 16.5. The molecule has 0 atom stereocenters. The van der Waals surface area contributed by atoms with Crippen LogP contribution < -0.4 is 11.1 Å². The highest BCUT2D eigenvalue weighted by Crippen LogP contribution is 2.02. The Morgan fingerprint density at radius 3 is 3.08 bits per heavy atom. The average Bonchev–Trinajstić information content (AvgIpc) is 2.53. The maximum absolute atomic E-state index is 5.32. The first kappa shape index (κ1) is 9.22. The summed E-state index contributed by atoms with van der Waals surface area (Å²) >= 11 is 0. The van der Waals surface area contributed by atoms with E-state index in [1.165, 1.54) is 0 Å². The van der Waals surface area contributed by atoms with Crippen LogP contribution in [-0.4, -0.2) is 18.2 Å². The normalized spacial score (nSPS) is 10.5. The first-order valence-electron chi connectivity index (χ1n) is 4.22. The van der Waals surface area contributed by atoms with Crippen molar-refractivity contribution in [2.75, 3.05) is 13.1 Å². The summed E-state index contributed by atoms with van der Waals surface area (Å²) in [5.41, 5.74) is 6.31. The van der Waals surface area contributed by atoms with Crippen LogP contribution in [0.2, 0.25) is 0 Å². The van der Waals surface area contributed by atoms with Gasteiger partial charge in [0, 0.05) is 19.2 Å². The third-order valence-electron chi connectivity index (χ3n) is 1.59. The molecule has 1 rings (SSSR count). The SMILES string of the molecule is CCc1cc(CNCCN)on1. The Balaban J connectivity index is 2.31. The van der Waals surface area contributed by atoms with E-state index in [0.29, 0.717) is 13.1 Å². The van der Waals surface area contributed by atoms with Gasteiger partial charge in [0.1, 0.15) is 0 Å². The lowest BCUT2D eigenvalue weighted by Crippen LogP contribution is -2.21. The van der Waals surface area contributed by atoms with Crippen LogP contribution in [0.1, 0.15) is 18.4 Å². The molecule has 0 aromatic carbocycles. The standard InChI is InChI=1S/C8H15N3O/c1-2-7-5-8(12-11-7)6-10-4-3-9/h5,10H,2-4,6,9H2,1H3. The predicted octanol–water partition coefficient (Wildman–Crippen LogP) is 0.285. The van der Waals surface area contributed by atoms with E-state index >= 15 is 0 Å². The smallest absolute Gasteiger partial charge is 0.150 e. The van der Waals surface area contributed by atoms with E-state index in [-0.39, 0.29) is 0 Å². The number of nitrogens with zero attached hydrogens (tertiary/aromatic N) is 1. The van der Waals surface area contributed by atoms with E-state index in [9.17, 15) is 0 Å². The molecule has 0 saturated carbocycles. The highest BCUT2D eigenvalue weighted by molar-refractivity contribution is 5.04. The second kappa shape index (κ2) is 4.90. The third kappa shape index (κ3) is 2.64. The molecule has 0 spiro atoms. The Morgan fingerprint density at radius 2 is 2.50 bits per heavy atom. The zero-order valence-corrected chi connectivity index (χ0v) is 7.34. The first-order valence-corrected chi connectivity index (χ1v) is 4.22. The van der Waals surface area contributed by atoms with Crippen molar-refractivity contribution in [2.45, 2.75) is 19.9 Å². The van der Waals surface area contributed by atoms with Crippen LogP contribution >= 0.6 is 0 Å². The van der Waals surface area contributed by atoms with Gasteiger partial charge in [-0.3, -0.25) is 0 Å². The van der Waals surface area contributed by atoms with Gasteiger partial charge in [-0.25, -0.2) is 0 Å². The van der Waals surface area contributed by atoms with Crippen LogP contribution in [-0.2, 0) is 13.0 Å². The van der Waals surface area contributed by atoms with Gasteiger partial charge in [0.25, 0.3) is 0 Å². The maximum Gasteiger partial charge on any atom is 0.150 e. The number of hydrogen-bond donors (Lipinski definition) is 2. The largest absolute Gasteiger partial charge is 0.360 e. The van der Waals surface area contributed by atoms with Crippen LogP contribution in [0.5, 0.6) is 0 Å². The molecule has 0 saturated heterocycles. The van der Waals surface area contributed by atoms with Crippen molar-refractivity contribution in [3.63, 3.8) is 0 Å². The number of nitrogens with one attached hydrogen (secondary N) is 1. The second-order valence-electron chi connectivity index (χ2n) is 2.60. The maximum atomic E-state index is 5.32. The fourth-order valence-electron chi connectivity index (χ4n) is 0.919. The molecule has 0 aliphatic heterocycles. The monoisotopic (exact) mass is 169 g/mol. The van der Waals surface area contributed by atoms with Gasteiger partial charge in [0.15, 0.2) is 5.76 Å². The fourth-order valence-corrected chi connectivity index (χ4v) is 0.919. The van der Waals surface area contributed by atoms with Crippen molar-refractivity contribution >= 4 is 0 Å². The first-order chi connectivity index (χ1) is 5.86. The zero-order chi connectivity index (χ0) is 8.81. The van der Waals surface area contributed by atoms with Gasteiger partial charge < -0.3 is 15.6 Å². The third-order valence-corrected chi connectivity index (χ3v) is 1.59. The molecule has 1 aromatic rings. The predicted molar refractivity (Wildman–Crippen MR) is 46.6 cm³/mol. The van der Waals surface area contributed by atoms with Crippen LogP contribution in [0, 0.1) is 0 Å². The van der Waals surface area contributed by atoms with Crippen molar-refractivity contribution in [3.05, 3.63) is 17.5 Å². The minimum absolute atomic E-state index is 0.648. The molecule has 68 valence electrons. The Hall–Kier alpha value is -0.870. The summed E-state index contributed by atoms with van der Waals surface area (Å²) < 4.78 is 5.05. The van der Waals surface area contributed by atoms with Gasteiger partial charge in [-0.2, -0.15) is 0 Å². The number of hydrogen-bond acceptors (Lipinski definition) is 4. The fraction of sp³-hybridized carbons (Fsp3) is 0.625. The van der Waals surface area contributed by atoms with Crippen molar-refractivity contribution in [1.82, 2.24) is 10.5 Å². The van der Waals surface area contributed by atoms with Gasteiger partial charge in [0.05, 0.1) is 12.2 Å². The summed E-state index contributed by atoms with van der Waals surface area (Å²) in [5.74, 6) is 0.875. The molecule has 0 fully saturated rings. The van der Waals surface area contributed by atoms with E-state index in [1.54, 1.807) is 0 Å². The van der Waals surface area contributed by atoms with E-state index in [1.807, 2.05) is 6.07 Å². The van der Waals surface area contributed by atoms with E-state index in [0.717, 1.165) is 24.4 Å². The summed E-state index contributed by atoms with van der Waals surface area (Å²) in [6.45, 7) is 4.22. The van der Waals surface area contributed by atoms with Crippen LogP contribution in [0.25, 0.3) is 0 Å². The van der Waals surface area contributed by atoms with E-state index in [4.69, 9.17) is 10.3 Å². The second-order valence-corrected chi connectivity index (χ2v) is 2.60. The summed E-state index contributed by atoms with van der Waals surface area (Å²) in [4.78, 5) is 0. The molecule has 0 amide bonds. The molecule has 0 radical (unpaired) electrons. The van der Waals surface area contributed by atoms with Gasteiger partial charge in [-0.15, -0.1) is 0 Å². The van der Waals surface area contributed by atoms with Crippen LogP contribution in [0.15, 0.2) is 10.6 Å². The molecule has 0 aliphatic rings. The van der Waals surface area contributed by atoms with Crippen molar-refractivity contribution in [3.8, 4) is 0 Å². The Bertz CT molecular complexity index is 222. The van der Waals surface area contributed by atoms with E-state index < -0.39 is 0 Å². The lowest BCUT2D eigenvalue weighted by Gasteiger charge is -1.96. The van der Waals surface area contributed by atoms with Gasteiger partial charge in [-0.05, 0) is 6.42 Å². The topological polar surface area (TPSA) is 64.1 Å². The van der Waals surface area contributed by atoms with Crippen LogP contribution in [0.4, 0.5) is 0 Å². The molecule has 0 unspecified atom stereocenters. The molecular formula is C8H15N3O. The van der Waals surface area contributed by atoms with E-state index in [2.05, 4.69) is 17.4 Å². The highest BCUT2D eigenvalue weighted by Gasteiger charge is 2.00. The van der Waals surface area contributed by atoms with Gasteiger partial charge in [0.2, 0.25) is 0 Å². The molecule has 1 aromatic heterocycles. The number of rotatable bonds is 5. The summed E-state index contributed by atoms with van der Waals surface area (Å²) in [5, 5.41) is 7.00. The van der Waals surface area contributed by atoms with Crippen molar-refractivity contribution in [2.24, 2.45) is 5.73 Å². The molecule has 12 heavy (non-hydrogen) atoms. The zero-order valence-electron chi connectivity index (χ0n) is 7.34. The Morgan fingerprint density at radius 1 is 1.67 bits per heavy atom. The summed E-state index contributed by atoms with van der Waals surface area (Å²) in [6.07, 6.45) is 0.917. The molecule has 4 heteroatoms. The minimum atomic E-state index is 0.648. The van der Waals surface area contributed by atoms with Gasteiger partial charge >= 0.3 is 0 Å². The molecule has 0 aliphatic carbocycles. The van der Waals surface area contributed by atoms with Crippen LogP contribution in [0.3, 0.4) is 0 Å². The average molecular weight is 169 g/mol. The van der Waals surface area contributed by atoms with Crippen molar-refractivity contribution in [1.29, 1.82) is 0 Å². The van der Waals surface area contributed by atoms with Gasteiger partial charge in [-0.1, -0.05) is 12.1 Å². The molecule has 1 heterocycles. The lowest BCUT2D eigenvalue weighted by molar-refractivity contribution is 0.369. The number of aryl methyl sites for hydroxylation is 1. The Labute approximate surface area is 72.1 Å². The number of nitrogens with two attached hydrogens (primary N) is 1. The van der Waals surface area contributed by atoms with Crippen molar-refractivity contribution < 1.29 is 4.52 Å².